The third-order valence-corrected chi connectivity index (χ3v) is 10.6. The van der Waals surface area contributed by atoms with Gasteiger partial charge in [-0.3, -0.25) is 13.9 Å². The van der Waals surface area contributed by atoms with Crippen molar-refractivity contribution in [1.82, 2.24) is 10.2 Å². The summed E-state index contributed by atoms with van der Waals surface area (Å²) in [5, 5.41) is 3.68. The van der Waals surface area contributed by atoms with Gasteiger partial charge in [0.15, 0.2) is 0 Å². The normalized spacial score (nSPS) is 12.6. The summed E-state index contributed by atoms with van der Waals surface area (Å²) >= 11 is 14.7. The maximum absolute atomic E-state index is 14.5. The van der Waals surface area contributed by atoms with Crippen LogP contribution >= 0.6 is 45.8 Å². The first-order valence-corrected chi connectivity index (χ1v) is 17.7. The molecule has 0 aromatic heterocycles. The van der Waals surface area contributed by atoms with E-state index in [1.807, 2.05) is 44.2 Å². The highest BCUT2D eigenvalue weighted by molar-refractivity contribution is 14.1. The molecule has 4 rings (SSSR count). The molecule has 0 saturated carbocycles. The third-order valence-electron chi connectivity index (χ3n) is 7.33. The fourth-order valence-electron chi connectivity index (χ4n) is 4.69. The maximum Gasteiger partial charge on any atom is 0.264 e. The number of sulfonamides is 1. The van der Waals surface area contributed by atoms with E-state index in [9.17, 15) is 18.0 Å². The van der Waals surface area contributed by atoms with Gasteiger partial charge in [0.1, 0.15) is 12.6 Å². The second-order valence-electron chi connectivity index (χ2n) is 10.6. The van der Waals surface area contributed by atoms with Crippen molar-refractivity contribution in [3.63, 3.8) is 0 Å². The van der Waals surface area contributed by atoms with Gasteiger partial charge in [0, 0.05) is 22.6 Å². The van der Waals surface area contributed by atoms with Crippen molar-refractivity contribution in [3.05, 3.63) is 128 Å². The molecule has 45 heavy (non-hydrogen) atoms. The molecule has 2 atom stereocenters. The molecule has 0 aliphatic heterocycles. The summed E-state index contributed by atoms with van der Waals surface area (Å²) in [4.78, 5) is 29.9. The van der Waals surface area contributed by atoms with Crippen LogP contribution in [0.2, 0.25) is 10.0 Å². The zero-order chi connectivity index (χ0) is 32.6. The number of nitrogens with zero attached hydrogens (tertiary/aromatic N) is 2. The van der Waals surface area contributed by atoms with Crippen LogP contribution in [-0.2, 0) is 32.6 Å². The molecule has 0 aliphatic rings. The van der Waals surface area contributed by atoms with Gasteiger partial charge in [0.2, 0.25) is 11.8 Å². The first-order valence-electron chi connectivity index (χ1n) is 14.4. The standard InChI is InChI=1S/C34H34Cl2IN3O4S/c1-3-24(2)38-34(42)32(21-25-10-6-4-7-11-25)39(22-26-14-19-30(35)31(36)20-26)33(41)23-40(28-17-15-27(37)16-18-28)45(43,44)29-12-8-5-9-13-29/h4-20,24,32H,3,21-23H2,1-2H3,(H,38,42). The zero-order valence-corrected chi connectivity index (χ0v) is 29.4. The Kier molecular flexibility index (Phi) is 12.3. The SMILES string of the molecule is CCC(C)NC(=O)C(Cc1ccccc1)N(Cc1ccc(Cl)c(Cl)c1)C(=O)CN(c1ccc(I)cc1)S(=O)(=O)c1ccccc1. The van der Waals surface area contributed by atoms with E-state index < -0.39 is 28.5 Å². The highest BCUT2D eigenvalue weighted by atomic mass is 127. The van der Waals surface area contributed by atoms with Crippen molar-refractivity contribution in [2.75, 3.05) is 10.8 Å². The molecule has 0 fully saturated rings. The second-order valence-corrected chi connectivity index (χ2v) is 14.5. The number of carbonyl (C=O) groups is 2. The van der Waals surface area contributed by atoms with Crippen molar-refractivity contribution < 1.29 is 18.0 Å². The van der Waals surface area contributed by atoms with E-state index in [0.29, 0.717) is 27.7 Å². The summed E-state index contributed by atoms with van der Waals surface area (Å²) in [7, 11) is -4.16. The number of carbonyl (C=O) groups excluding carboxylic acids is 2. The van der Waals surface area contributed by atoms with Crippen LogP contribution in [0.25, 0.3) is 0 Å². The van der Waals surface area contributed by atoms with Crippen LogP contribution in [-0.4, -0.2) is 43.8 Å². The van der Waals surface area contributed by atoms with Gasteiger partial charge in [-0.15, -0.1) is 0 Å². The average Bonchev–Trinajstić information content (AvgIpc) is 3.04. The molecular formula is C34H34Cl2IN3O4S. The molecule has 0 spiro atoms. The van der Waals surface area contributed by atoms with E-state index in [-0.39, 0.29) is 29.8 Å². The highest BCUT2D eigenvalue weighted by Crippen LogP contribution is 2.27. The average molecular weight is 779 g/mol. The van der Waals surface area contributed by atoms with Crippen molar-refractivity contribution in [2.24, 2.45) is 0 Å². The lowest BCUT2D eigenvalue weighted by Crippen LogP contribution is -2.54. The lowest BCUT2D eigenvalue weighted by atomic mass is 10.0. The maximum atomic E-state index is 14.5. The lowest BCUT2D eigenvalue weighted by molar-refractivity contribution is -0.140. The fraction of sp³-hybridized carbons (Fsp3) is 0.235. The van der Waals surface area contributed by atoms with Gasteiger partial charge >= 0.3 is 0 Å². The first-order chi connectivity index (χ1) is 21.5. The minimum absolute atomic E-state index is 0.00688. The summed E-state index contributed by atoms with van der Waals surface area (Å²) in [5.74, 6) is -0.896. The number of nitrogens with one attached hydrogen (secondary N) is 1. The van der Waals surface area contributed by atoms with Crippen molar-refractivity contribution in [2.45, 2.75) is 50.2 Å². The Hall–Kier alpha value is -3.12. The quantitative estimate of drug-likeness (QED) is 0.144. The number of hydrogen-bond acceptors (Lipinski definition) is 4. The molecule has 0 aliphatic carbocycles. The summed E-state index contributed by atoms with van der Waals surface area (Å²) in [6, 6.07) is 28.2. The molecule has 4 aromatic rings. The Bertz CT molecular complexity index is 1710. The van der Waals surface area contributed by atoms with Gasteiger partial charge in [-0.05, 0) is 95.6 Å². The van der Waals surface area contributed by atoms with Gasteiger partial charge in [-0.2, -0.15) is 0 Å². The topological polar surface area (TPSA) is 86.8 Å². The predicted octanol–water partition coefficient (Wildman–Crippen LogP) is 7.35. The molecule has 236 valence electrons. The van der Waals surface area contributed by atoms with Crippen LogP contribution in [0.5, 0.6) is 0 Å². The van der Waals surface area contributed by atoms with E-state index in [0.717, 1.165) is 13.4 Å². The molecule has 0 bridgehead atoms. The van der Waals surface area contributed by atoms with Gasteiger partial charge in [-0.1, -0.05) is 84.7 Å². The minimum Gasteiger partial charge on any atom is -0.352 e. The number of amides is 2. The number of hydrogen-bond donors (Lipinski definition) is 1. The third kappa shape index (κ3) is 9.22. The summed E-state index contributed by atoms with van der Waals surface area (Å²) in [6.07, 6.45) is 0.908. The van der Waals surface area contributed by atoms with Crippen LogP contribution in [0.3, 0.4) is 0 Å². The number of benzene rings is 4. The van der Waals surface area contributed by atoms with E-state index in [4.69, 9.17) is 23.2 Å². The second kappa shape index (κ2) is 15.9. The van der Waals surface area contributed by atoms with Crippen LogP contribution in [0.4, 0.5) is 5.69 Å². The first kappa shape index (κ1) is 34.7. The van der Waals surface area contributed by atoms with Gasteiger partial charge < -0.3 is 10.2 Å². The van der Waals surface area contributed by atoms with Crippen LogP contribution in [0, 0.1) is 3.57 Å². The van der Waals surface area contributed by atoms with Gasteiger partial charge in [0.05, 0.1) is 20.6 Å². The van der Waals surface area contributed by atoms with Crippen molar-refractivity contribution in [3.8, 4) is 0 Å². The minimum atomic E-state index is -4.16. The molecule has 2 unspecified atom stereocenters. The highest BCUT2D eigenvalue weighted by Gasteiger charge is 2.35. The Morgan fingerprint density at radius 1 is 0.844 bits per heavy atom. The molecule has 1 N–H and O–H groups in total. The molecule has 11 heteroatoms. The molecule has 0 heterocycles. The number of anilines is 1. The van der Waals surface area contributed by atoms with Crippen LogP contribution in [0.15, 0.2) is 108 Å². The largest absolute Gasteiger partial charge is 0.352 e. The van der Waals surface area contributed by atoms with E-state index in [1.54, 1.807) is 60.7 Å². The molecule has 0 saturated heterocycles. The molecule has 4 aromatic carbocycles. The zero-order valence-electron chi connectivity index (χ0n) is 24.9. The van der Waals surface area contributed by atoms with Crippen LogP contribution in [0.1, 0.15) is 31.4 Å². The van der Waals surface area contributed by atoms with E-state index >= 15 is 0 Å². The van der Waals surface area contributed by atoms with Gasteiger partial charge in [0.25, 0.3) is 10.0 Å². The summed E-state index contributed by atoms with van der Waals surface area (Å²) in [6.45, 7) is 3.31. The van der Waals surface area contributed by atoms with Crippen molar-refractivity contribution in [1.29, 1.82) is 0 Å². The Morgan fingerprint density at radius 3 is 2.07 bits per heavy atom. The van der Waals surface area contributed by atoms with Gasteiger partial charge in [-0.25, -0.2) is 8.42 Å². The van der Waals surface area contributed by atoms with E-state index in [1.165, 1.54) is 17.0 Å². The molecular weight excluding hydrogens is 744 g/mol. The number of halogens is 3. The predicted molar refractivity (Wildman–Crippen MR) is 189 cm³/mol. The Labute approximate surface area is 288 Å². The Morgan fingerprint density at radius 2 is 1.47 bits per heavy atom. The Balaban J connectivity index is 1.81. The van der Waals surface area contributed by atoms with Crippen molar-refractivity contribution >= 4 is 73.3 Å². The van der Waals surface area contributed by atoms with Crippen LogP contribution < -0.4 is 9.62 Å². The smallest absolute Gasteiger partial charge is 0.264 e. The molecule has 0 radical (unpaired) electrons. The summed E-state index contributed by atoms with van der Waals surface area (Å²) in [5.41, 5.74) is 1.81. The number of rotatable bonds is 13. The fourth-order valence-corrected chi connectivity index (χ4v) is 6.80. The van der Waals surface area contributed by atoms with E-state index in [2.05, 4.69) is 27.9 Å². The molecule has 2 amide bonds. The monoisotopic (exact) mass is 777 g/mol. The lowest BCUT2D eigenvalue weighted by Gasteiger charge is -2.34. The molecule has 7 nitrogen and oxygen atoms in total. The summed E-state index contributed by atoms with van der Waals surface area (Å²) < 4.78 is 30.1.